The summed E-state index contributed by atoms with van der Waals surface area (Å²) >= 11 is 3.32. The average Bonchev–Trinajstić information content (AvgIpc) is 3.22. The highest BCUT2D eigenvalue weighted by atomic mass is 79.9. The van der Waals surface area contributed by atoms with E-state index < -0.39 is 0 Å². The molecule has 24 heavy (non-hydrogen) atoms. The molecule has 0 spiro atoms. The van der Waals surface area contributed by atoms with Crippen molar-refractivity contribution in [2.24, 2.45) is 0 Å². The maximum Gasteiger partial charge on any atom is 0.348 e. The first kappa shape index (κ1) is 15.3. The van der Waals surface area contributed by atoms with Crippen molar-refractivity contribution in [2.45, 2.75) is 38.3 Å². The maximum atomic E-state index is 12.0. The lowest BCUT2D eigenvalue weighted by Crippen LogP contribution is -2.16. The third kappa shape index (κ3) is 2.93. The Bertz CT molecular complexity index is 910. The standard InChI is InChI=1S/C16H17BrN6O/c17-12-6-5-10(7-18-12)8-19-14-13-15(22-16(24)21-14)23(9-20-13)11-3-1-2-4-11/h5-7,9,11H,1-4,8H2,(H2,19,21,22,24). The molecule has 0 aromatic carbocycles. The Morgan fingerprint density at radius 2 is 2.12 bits per heavy atom. The van der Waals surface area contributed by atoms with Gasteiger partial charge in [0.2, 0.25) is 0 Å². The fourth-order valence-electron chi connectivity index (χ4n) is 3.21. The van der Waals surface area contributed by atoms with E-state index in [9.17, 15) is 4.79 Å². The quantitative estimate of drug-likeness (QED) is 0.670. The van der Waals surface area contributed by atoms with Crippen LogP contribution in [0.4, 0.5) is 5.82 Å². The van der Waals surface area contributed by atoms with Crippen LogP contribution in [0, 0.1) is 0 Å². The summed E-state index contributed by atoms with van der Waals surface area (Å²) in [5.74, 6) is 0.602. The monoisotopic (exact) mass is 388 g/mol. The lowest BCUT2D eigenvalue weighted by molar-refractivity contribution is 0.528. The number of fused-ring (bicyclic) bond motifs is 1. The van der Waals surface area contributed by atoms with Gasteiger partial charge in [0.1, 0.15) is 15.9 Å². The fraction of sp³-hybridized carbons (Fsp3) is 0.375. The van der Waals surface area contributed by atoms with Gasteiger partial charge in [0, 0.05) is 18.8 Å². The van der Waals surface area contributed by atoms with E-state index in [1.807, 2.05) is 16.7 Å². The van der Waals surface area contributed by atoms with Crippen molar-refractivity contribution in [1.29, 1.82) is 0 Å². The summed E-state index contributed by atoms with van der Waals surface area (Å²) in [5, 5.41) is 3.24. The first-order valence-electron chi connectivity index (χ1n) is 8.02. The van der Waals surface area contributed by atoms with Crippen LogP contribution in [0.25, 0.3) is 11.2 Å². The lowest BCUT2D eigenvalue weighted by Gasteiger charge is -2.11. The Labute approximate surface area is 146 Å². The summed E-state index contributed by atoms with van der Waals surface area (Å²) in [7, 11) is 0. The fourth-order valence-corrected chi connectivity index (χ4v) is 3.45. The van der Waals surface area contributed by atoms with Crippen molar-refractivity contribution in [2.75, 3.05) is 5.32 Å². The minimum Gasteiger partial charge on any atom is -0.365 e. The highest BCUT2D eigenvalue weighted by Crippen LogP contribution is 2.32. The summed E-state index contributed by atoms with van der Waals surface area (Å²) in [6, 6.07) is 4.25. The van der Waals surface area contributed by atoms with Gasteiger partial charge in [-0.3, -0.25) is 4.98 Å². The molecule has 3 aromatic rings. The molecule has 124 valence electrons. The lowest BCUT2D eigenvalue weighted by atomic mass is 10.2. The van der Waals surface area contributed by atoms with Crippen LogP contribution in [0.5, 0.6) is 0 Å². The van der Waals surface area contributed by atoms with Gasteiger partial charge < -0.3 is 9.88 Å². The van der Waals surface area contributed by atoms with Crippen molar-refractivity contribution in [1.82, 2.24) is 24.5 Å². The number of hydrogen-bond acceptors (Lipinski definition) is 5. The molecule has 0 saturated heterocycles. The third-order valence-corrected chi connectivity index (χ3v) is 4.89. The van der Waals surface area contributed by atoms with Crippen molar-refractivity contribution >= 4 is 32.9 Å². The Hall–Kier alpha value is -2.22. The summed E-state index contributed by atoms with van der Waals surface area (Å²) in [5.41, 5.74) is 2.01. The maximum absolute atomic E-state index is 12.0. The average molecular weight is 389 g/mol. The topological polar surface area (TPSA) is 88.5 Å². The highest BCUT2D eigenvalue weighted by Gasteiger charge is 2.21. The van der Waals surface area contributed by atoms with Crippen LogP contribution in [-0.2, 0) is 6.54 Å². The number of aromatic amines is 1. The van der Waals surface area contributed by atoms with Gasteiger partial charge >= 0.3 is 5.69 Å². The number of rotatable bonds is 4. The van der Waals surface area contributed by atoms with Gasteiger partial charge in [-0.2, -0.15) is 4.98 Å². The number of pyridine rings is 1. The van der Waals surface area contributed by atoms with E-state index in [0.29, 0.717) is 29.6 Å². The van der Waals surface area contributed by atoms with E-state index in [-0.39, 0.29) is 5.69 Å². The van der Waals surface area contributed by atoms with Crippen molar-refractivity contribution in [3.05, 3.63) is 45.3 Å². The Kier molecular flexibility index (Phi) is 4.05. The third-order valence-electron chi connectivity index (χ3n) is 4.42. The zero-order chi connectivity index (χ0) is 16.5. The predicted octanol–water partition coefficient (Wildman–Crippen LogP) is 3.00. The van der Waals surface area contributed by atoms with E-state index in [4.69, 9.17) is 0 Å². The molecule has 1 fully saturated rings. The molecule has 1 aliphatic carbocycles. The van der Waals surface area contributed by atoms with Crippen LogP contribution in [0.15, 0.2) is 34.1 Å². The minimum absolute atomic E-state index is 0.362. The van der Waals surface area contributed by atoms with Gasteiger partial charge in [0.25, 0.3) is 0 Å². The molecular formula is C16H17BrN6O. The molecule has 0 amide bonds. The number of H-pyrrole nitrogens is 1. The number of nitrogens with one attached hydrogen (secondary N) is 2. The summed E-state index contributed by atoms with van der Waals surface area (Å²) in [6.07, 6.45) is 8.25. The molecule has 1 aliphatic rings. The normalized spacial score (nSPS) is 15.2. The second-order valence-corrected chi connectivity index (χ2v) is 6.83. The number of aromatic nitrogens is 5. The molecule has 4 rings (SSSR count). The number of hydrogen-bond donors (Lipinski definition) is 2. The summed E-state index contributed by atoms with van der Waals surface area (Å²) in [4.78, 5) is 27.5. The van der Waals surface area contributed by atoms with Crippen LogP contribution in [-0.4, -0.2) is 24.5 Å². The molecule has 3 aromatic heterocycles. The zero-order valence-electron chi connectivity index (χ0n) is 13.0. The summed E-state index contributed by atoms with van der Waals surface area (Å²) < 4.78 is 2.84. The first-order chi connectivity index (χ1) is 11.7. The molecule has 0 atom stereocenters. The number of imidazole rings is 1. The van der Waals surface area contributed by atoms with E-state index in [1.165, 1.54) is 12.8 Å². The highest BCUT2D eigenvalue weighted by molar-refractivity contribution is 9.10. The van der Waals surface area contributed by atoms with Crippen LogP contribution >= 0.6 is 15.9 Å². The van der Waals surface area contributed by atoms with E-state index in [1.54, 1.807) is 12.5 Å². The Morgan fingerprint density at radius 1 is 1.29 bits per heavy atom. The largest absolute Gasteiger partial charge is 0.365 e. The van der Waals surface area contributed by atoms with Gasteiger partial charge in [0.15, 0.2) is 5.65 Å². The summed E-state index contributed by atoms with van der Waals surface area (Å²) in [6.45, 7) is 0.547. The molecule has 8 heteroatoms. The first-order valence-corrected chi connectivity index (χ1v) is 8.81. The van der Waals surface area contributed by atoms with Gasteiger partial charge in [-0.05, 0) is 40.4 Å². The molecule has 0 bridgehead atoms. The van der Waals surface area contributed by atoms with E-state index >= 15 is 0 Å². The van der Waals surface area contributed by atoms with E-state index in [0.717, 1.165) is 23.0 Å². The van der Waals surface area contributed by atoms with Crippen molar-refractivity contribution in [3.63, 3.8) is 0 Å². The van der Waals surface area contributed by atoms with Crippen molar-refractivity contribution in [3.8, 4) is 0 Å². The van der Waals surface area contributed by atoms with Crippen LogP contribution in [0.2, 0.25) is 0 Å². The second-order valence-electron chi connectivity index (χ2n) is 6.02. The SMILES string of the molecule is O=c1nc2c(ncn2C2CCCC2)c(NCc2ccc(Br)nc2)[nH]1. The van der Waals surface area contributed by atoms with Gasteiger partial charge in [-0.1, -0.05) is 18.9 Å². The van der Waals surface area contributed by atoms with Gasteiger partial charge in [-0.15, -0.1) is 0 Å². The molecule has 2 N–H and O–H groups in total. The number of anilines is 1. The van der Waals surface area contributed by atoms with Crippen LogP contribution in [0.3, 0.4) is 0 Å². The molecule has 7 nitrogen and oxygen atoms in total. The minimum atomic E-state index is -0.362. The molecule has 0 radical (unpaired) electrons. The van der Waals surface area contributed by atoms with E-state index in [2.05, 4.69) is 41.2 Å². The zero-order valence-corrected chi connectivity index (χ0v) is 14.6. The van der Waals surface area contributed by atoms with Crippen LogP contribution < -0.4 is 11.0 Å². The molecule has 0 unspecified atom stereocenters. The molecular weight excluding hydrogens is 372 g/mol. The molecule has 0 aliphatic heterocycles. The van der Waals surface area contributed by atoms with Crippen LogP contribution in [0.1, 0.15) is 37.3 Å². The number of halogens is 1. The Balaban J connectivity index is 1.65. The smallest absolute Gasteiger partial charge is 0.348 e. The molecule has 1 saturated carbocycles. The van der Waals surface area contributed by atoms with Gasteiger partial charge in [0.05, 0.1) is 6.33 Å². The number of nitrogens with zero attached hydrogens (tertiary/aromatic N) is 4. The molecule has 3 heterocycles. The second kappa shape index (κ2) is 6.35. The van der Waals surface area contributed by atoms with Crippen molar-refractivity contribution < 1.29 is 0 Å². The predicted molar refractivity (Wildman–Crippen MR) is 94.9 cm³/mol. The Morgan fingerprint density at radius 3 is 2.88 bits per heavy atom. The van der Waals surface area contributed by atoms with Gasteiger partial charge in [-0.25, -0.2) is 14.8 Å².